The first-order chi connectivity index (χ1) is 14.6. The maximum atomic E-state index is 13.1. The molecule has 0 bridgehead atoms. The Kier molecular flexibility index (Phi) is 5.52. The summed E-state index contributed by atoms with van der Waals surface area (Å²) in [5, 5.41) is 6.79. The molecule has 4 aromatic rings. The van der Waals surface area contributed by atoms with E-state index >= 15 is 0 Å². The number of para-hydroxylation sites is 1. The van der Waals surface area contributed by atoms with Crippen LogP contribution in [0.4, 0.5) is 10.1 Å². The molecule has 30 heavy (non-hydrogen) atoms. The maximum Gasteiger partial charge on any atom is 0.262 e. The zero-order chi connectivity index (χ0) is 20.9. The largest absolute Gasteiger partial charge is 0.484 e. The molecule has 150 valence electrons. The van der Waals surface area contributed by atoms with Crippen molar-refractivity contribution in [3.63, 3.8) is 0 Å². The number of halogens is 1. The molecule has 0 fully saturated rings. The van der Waals surface area contributed by atoms with E-state index in [9.17, 15) is 9.18 Å². The summed E-state index contributed by atoms with van der Waals surface area (Å²) >= 11 is 0. The van der Waals surface area contributed by atoms with Gasteiger partial charge in [0.15, 0.2) is 6.61 Å². The lowest BCUT2D eigenvalue weighted by Gasteiger charge is -2.09. The maximum absolute atomic E-state index is 13.1. The highest BCUT2D eigenvalue weighted by Crippen LogP contribution is 2.25. The van der Waals surface area contributed by atoms with Gasteiger partial charge in [-0.15, -0.1) is 0 Å². The lowest BCUT2D eigenvalue weighted by atomic mass is 10.2. The molecule has 0 aliphatic rings. The smallest absolute Gasteiger partial charge is 0.262 e. The highest BCUT2D eigenvalue weighted by Gasteiger charge is 2.12. The molecule has 7 heteroatoms. The average Bonchev–Trinajstić information content (AvgIpc) is 3.25. The molecule has 1 heterocycles. The van der Waals surface area contributed by atoms with E-state index in [1.165, 1.54) is 12.1 Å². The van der Waals surface area contributed by atoms with Gasteiger partial charge in [0.1, 0.15) is 11.6 Å². The standard InChI is InChI=1S/C23H18FN3O3/c1-15-5-2-3-8-20(15)25-21(28)14-29-19-7-4-6-17(13-19)22-26-23(30-27-22)16-9-11-18(24)12-10-16/h2-13H,14H2,1H3,(H,25,28). The Morgan fingerprint density at radius 1 is 1.03 bits per heavy atom. The summed E-state index contributed by atoms with van der Waals surface area (Å²) in [7, 11) is 0. The van der Waals surface area contributed by atoms with Crippen molar-refractivity contribution in [1.29, 1.82) is 0 Å². The van der Waals surface area contributed by atoms with Crippen LogP contribution in [-0.2, 0) is 4.79 Å². The van der Waals surface area contributed by atoms with E-state index in [0.717, 1.165) is 11.3 Å². The third-order valence-corrected chi connectivity index (χ3v) is 4.40. The first-order valence-electron chi connectivity index (χ1n) is 9.27. The molecular weight excluding hydrogens is 385 g/mol. The van der Waals surface area contributed by atoms with E-state index in [1.54, 1.807) is 36.4 Å². The summed E-state index contributed by atoms with van der Waals surface area (Å²) in [5.74, 6) is 0.557. The van der Waals surface area contributed by atoms with E-state index in [2.05, 4.69) is 15.5 Å². The Bertz CT molecular complexity index is 1170. The van der Waals surface area contributed by atoms with Crippen LogP contribution < -0.4 is 10.1 Å². The Balaban J connectivity index is 1.42. The number of hydrogen-bond donors (Lipinski definition) is 1. The summed E-state index contributed by atoms with van der Waals surface area (Å²) in [6.07, 6.45) is 0. The monoisotopic (exact) mass is 403 g/mol. The van der Waals surface area contributed by atoms with Crippen molar-refractivity contribution < 1.29 is 18.4 Å². The minimum absolute atomic E-state index is 0.134. The predicted octanol–water partition coefficient (Wildman–Crippen LogP) is 4.87. The lowest BCUT2D eigenvalue weighted by Crippen LogP contribution is -2.20. The van der Waals surface area contributed by atoms with Crippen molar-refractivity contribution >= 4 is 11.6 Å². The molecule has 0 aliphatic carbocycles. The summed E-state index contributed by atoms with van der Waals surface area (Å²) in [4.78, 5) is 16.5. The Morgan fingerprint density at radius 3 is 2.63 bits per heavy atom. The van der Waals surface area contributed by atoms with Crippen molar-refractivity contribution in [2.45, 2.75) is 6.92 Å². The van der Waals surface area contributed by atoms with Gasteiger partial charge in [0.2, 0.25) is 5.82 Å². The summed E-state index contributed by atoms with van der Waals surface area (Å²) < 4.78 is 24.0. The normalized spacial score (nSPS) is 10.6. The molecule has 0 aliphatic heterocycles. The summed E-state index contributed by atoms with van der Waals surface area (Å²) in [6, 6.07) is 20.4. The van der Waals surface area contributed by atoms with Crippen LogP contribution in [0.15, 0.2) is 77.3 Å². The number of aryl methyl sites for hydroxylation is 1. The number of anilines is 1. The number of carbonyl (C=O) groups is 1. The molecule has 4 rings (SSSR count). The number of benzene rings is 3. The van der Waals surface area contributed by atoms with Gasteiger partial charge in [0, 0.05) is 16.8 Å². The molecule has 0 radical (unpaired) electrons. The first kappa shape index (κ1) is 19.3. The van der Waals surface area contributed by atoms with E-state index in [0.29, 0.717) is 22.7 Å². The number of nitrogens with zero attached hydrogens (tertiary/aromatic N) is 2. The van der Waals surface area contributed by atoms with Crippen LogP contribution in [-0.4, -0.2) is 22.7 Å². The number of aromatic nitrogens is 2. The van der Waals surface area contributed by atoms with E-state index in [-0.39, 0.29) is 24.2 Å². The molecule has 1 amide bonds. The number of ether oxygens (including phenoxy) is 1. The van der Waals surface area contributed by atoms with Gasteiger partial charge in [-0.1, -0.05) is 35.5 Å². The van der Waals surface area contributed by atoms with Crippen LogP contribution in [0.5, 0.6) is 5.75 Å². The average molecular weight is 403 g/mol. The summed E-state index contributed by atoms with van der Waals surface area (Å²) in [6.45, 7) is 1.79. The van der Waals surface area contributed by atoms with Crippen molar-refractivity contribution in [2.24, 2.45) is 0 Å². The molecule has 6 nitrogen and oxygen atoms in total. The van der Waals surface area contributed by atoms with Gasteiger partial charge >= 0.3 is 0 Å². The minimum Gasteiger partial charge on any atom is -0.484 e. The highest BCUT2D eigenvalue weighted by atomic mass is 19.1. The minimum atomic E-state index is -0.338. The number of amides is 1. The summed E-state index contributed by atoms with van der Waals surface area (Å²) in [5.41, 5.74) is 3.02. The molecular formula is C23H18FN3O3. The van der Waals surface area contributed by atoms with Crippen LogP contribution >= 0.6 is 0 Å². The predicted molar refractivity (Wildman–Crippen MR) is 110 cm³/mol. The van der Waals surface area contributed by atoms with Crippen molar-refractivity contribution in [3.05, 3.63) is 84.2 Å². The third-order valence-electron chi connectivity index (χ3n) is 4.40. The highest BCUT2D eigenvalue weighted by molar-refractivity contribution is 5.92. The van der Waals surface area contributed by atoms with Crippen LogP contribution in [0, 0.1) is 12.7 Å². The van der Waals surface area contributed by atoms with Crippen molar-refractivity contribution in [2.75, 3.05) is 11.9 Å². The molecule has 0 spiro atoms. The molecule has 0 saturated carbocycles. The van der Waals surface area contributed by atoms with Gasteiger partial charge in [-0.05, 0) is 55.0 Å². The molecule has 0 saturated heterocycles. The van der Waals surface area contributed by atoms with Crippen molar-refractivity contribution in [3.8, 4) is 28.6 Å². The molecule has 1 aromatic heterocycles. The Labute approximate surface area is 172 Å². The van der Waals surface area contributed by atoms with Gasteiger partial charge in [-0.2, -0.15) is 4.98 Å². The van der Waals surface area contributed by atoms with E-state index < -0.39 is 0 Å². The second kappa shape index (κ2) is 8.57. The Hall–Kier alpha value is -4.00. The number of hydrogen-bond acceptors (Lipinski definition) is 5. The SMILES string of the molecule is Cc1ccccc1NC(=O)COc1cccc(-c2noc(-c3ccc(F)cc3)n2)c1. The first-order valence-corrected chi connectivity index (χ1v) is 9.27. The zero-order valence-electron chi connectivity index (χ0n) is 16.1. The lowest BCUT2D eigenvalue weighted by molar-refractivity contribution is -0.118. The molecule has 1 N–H and O–H groups in total. The number of nitrogens with one attached hydrogen (secondary N) is 1. The van der Waals surface area contributed by atoms with Gasteiger partial charge in [0.25, 0.3) is 11.8 Å². The van der Waals surface area contributed by atoms with Crippen LogP contribution in [0.1, 0.15) is 5.56 Å². The third kappa shape index (κ3) is 4.52. The Morgan fingerprint density at radius 2 is 1.83 bits per heavy atom. The second-order valence-corrected chi connectivity index (χ2v) is 6.61. The topological polar surface area (TPSA) is 77.2 Å². The quantitative estimate of drug-likeness (QED) is 0.497. The van der Waals surface area contributed by atoms with Gasteiger partial charge in [-0.3, -0.25) is 4.79 Å². The van der Waals surface area contributed by atoms with Crippen molar-refractivity contribution in [1.82, 2.24) is 10.1 Å². The van der Waals surface area contributed by atoms with Crippen LogP contribution in [0.3, 0.4) is 0 Å². The zero-order valence-corrected chi connectivity index (χ0v) is 16.1. The second-order valence-electron chi connectivity index (χ2n) is 6.61. The van der Waals surface area contributed by atoms with E-state index in [4.69, 9.17) is 9.26 Å². The van der Waals surface area contributed by atoms with Gasteiger partial charge < -0.3 is 14.6 Å². The fourth-order valence-corrected chi connectivity index (χ4v) is 2.82. The van der Waals surface area contributed by atoms with Gasteiger partial charge in [-0.25, -0.2) is 4.39 Å². The fourth-order valence-electron chi connectivity index (χ4n) is 2.82. The van der Waals surface area contributed by atoms with E-state index in [1.807, 2.05) is 31.2 Å². The molecule has 0 unspecified atom stereocenters. The number of carbonyl (C=O) groups excluding carboxylic acids is 1. The fraction of sp³-hybridized carbons (Fsp3) is 0.0870. The molecule has 3 aromatic carbocycles. The number of rotatable bonds is 6. The van der Waals surface area contributed by atoms with Gasteiger partial charge in [0.05, 0.1) is 0 Å². The molecule has 0 atom stereocenters. The van der Waals surface area contributed by atoms with Crippen LogP contribution in [0.25, 0.3) is 22.8 Å². The van der Waals surface area contributed by atoms with Crippen LogP contribution in [0.2, 0.25) is 0 Å².